The minimum atomic E-state index is -0.187. The van der Waals surface area contributed by atoms with Crippen LogP contribution in [0, 0.1) is 24.7 Å². The maximum Gasteiger partial charge on any atom is 0.319 e. The lowest BCUT2D eigenvalue weighted by atomic mass is 9.85. The summed E-state index contributed by atoms with van der Waals surface area (Å²) in [6.07, 6.45) is 3.49. The van der Waals surface area contributed by atoms with Gasteiger partial charge in [0.05, 0.1) is 6.61 Å². The van der Waals surface area contributed by atoms with E-state index in [0.29, 0.717) is 18.4 Å². The van der Waals surface area contributed by atoms with Gasteiger partial charge in [0, 0.05) is 24.3 Å². The predicted octanol–water partition coefficient (Wildman–Crippen LogP) is 2.92. The van der Waals surface area contributed by atoms with Crippen LogP contribution in [-0.4, -0.2) is 30.4 Å². The highest BCUT2D eigenvalue weighted by molar-refractivity contribution is 5.90. The second kappa shape index (κ2) is 6.79. The molecular formula is C18H26N2O3. The molecule has 5 nitrogen and oxygen atoms in total. The molecule has 4 atom stereocenters. The van der Waals surface area contributed by atoms with Crippen molar-refractivity contribution in [2.24, 2.45) is 17.8 Å². The van der Waals surface area contributed by atoms with Gasteiger partial charge in [-0.2, -0.15) is 0 Å². The van der Waals surface area contributed by atoms with Gasteiger partial charge in [0.1, 0.15) is 5.75 Å². The number of ether oxygens (including phenoxy) is 1. The van der Waals surface area contributed by atoms with Crippen molar-refractivity contribution >= 4 is 11.7 Å². The average molecular weight is 318 g/mol. The molecule has 3 rings (SSSR count). The molecule has 23 heavy (non-hydrogen) atoms. The van der Waals surface area contributed by atoms with Crippen LogP contribution >= 0.6 is 0 Å². The summed E-state index contributed by atoms with van der Waals surface area (Å²) in [7, 11) is 0. The van der Waals surface area contributed by atoms with E-state index in [4.69, 9.17) is 4.74 Å². The standard InChI is InChI=1S/C18H26N2O3/c1-3-23-14-6-7-16(11(2)8-14)19-18(22)20-17-13-5-4-12(9-13)15(17)10-21/h6-8,12-13,15,17,21H,3-5,9-10H2,1-2H3,(H2,19,20,22). The van der Waals surface area contributed by atoms with Crippen molar-refractivity contribution < 1.29 is 14.6 Å². The van der Waals surface area contributed by atoms with Crippen LogP contribution in [0.1, 0.15) is 31.7 Å². The molecule has 126 valence electrons. The van der Waals surface area contributed by atoms with Crippen molar-refractivity contribution in [2.75, 3.05) is 18.5 Å². The van der Waals surface area contributed by atoms with Crippen LogP contribution in [0.2, 0.25) is 0 Å². The minimum Gasteiger partial charge on any atom is -0.494 e. The van der Waals surface area contributed by atoms with E-state index in [9.17, 15) is 9.90 Å². The largest absolute Gasteiger partial charge is 0.494 e. The van der Waals surface area contributed by atoms with E-state index in [2.05, 4.69) is 10.6 Å². The van der Waals surface area contributed by atoms with E-state index in [0.717, 1.165) is 29.8 Å². The van der Waals surface area contributed by atoms with Gasteiger partial charge in [0.2, 0.25) is 0 Å². The highest BCUT2D eigenvalue weighted by atomic mass is 16.5. The van der Waals surface area contributed by atoms with Gasteiger partial charge in [0.15, 0.2) is 0 Å². The van der Waals surface area contributed by atoms with E-state index in [1.54, 1.807) is 0 Å². The van der Waals surface area contributed by atoms with E-state index >= 15 is 0 Å². The zero-order chi connectivity index (χ0) is 16.4. The Balaban J connectivity index is 1.61. The summed E-state index contributed by atoms with van der Waals surface area (Å²) in [5.41, 5.74) is 1.76. The van der Waals surface area contributed by atoms with Gasteiger partial charge in [-0.05, 0) is 68.7 Å². The lowest BCUT2D eigenvalue weighted by Crippen LogP contribution is -2.46. The van der Waals surface area contributed by atoms with Crippen LogP contribution in [-0.2, 0) is 0 Å². The molecule has 2 bridgehead atoms. The zero-order valence-corrected chi connectivity index (χ0v) is 13.8. The Hall–Kier alpha value is -1.75. The maximum absolute atomic E-state index is 12.3. The van der Waals surface area contributed by atoms with E-state index < -0.39 is 0 Å². The van der Waals surface area contributed by atoms with E-state index in [-0.39, 0.29) is 24.6 Å². The molecule has 0 spiro atoms. The number of aliphatic hydroxyl groups excluding tert-OH is 1. The van der Waals surface area contributed by atoms with Gasteiger partial charge in [-0.25, -0.2) is 4.79 Å². The van der Waals surface area contributed by atoms with Gasteiger partial charge < -0.3 is 20.5 Å². The molecule has 2 aliphatic carbocycles. The third-order valence-electron chi connectivity index (χ3n) is 5.35. The Bertz CT molecular complexity index is 575. The smallest absolute Gasteiger partial charge is 0.319 e. The Morgan fingerprint density at radius 2 is 2.13 bits per heavy atom. The second-order valence-corrected chi connectivity index (χ2v) is 6.71. The van der Waals surface area contributed by atoms with Crippen molar-refractivity contribution in [3.8, 4) is 5.75 Å². The van der Waals surface area contributed by atoms with Crippen molar-refractivity contribution in [1.82, 2.24) is 5.32 Å². The number of amides is 2. The van der Waals surface area contributed by atoms with Crippen LogP contribution in [0.25, 0.3) is 0 Å². The summed E-state index contributed by atoms with van der Waals surface area (Å²) in [5, 5.41) is 15.6. The van der Waals surface area contributed by atoms with Crippen molar-refractivity contribution in [1.29, 1.82) is 0 Å². The molecule has 0 radical (unpaired) electrons. The highest BCUT2D eigenvalue weighted by Crippen LogP contribution is 2.48. The Labute approximate surface area is 137 Å². The molecule has 2 saturated carbocycles. The number of benzene rings is 1. The fourth-order valence-electron chi connectivity index (χ4n) is 4.24. The molecule has 2 fully saturated rings. The SMILES string of the molecule is CCOc1ccc(NC(=O)NC2C3CCC(C3)C2CO)c(C)c1. The number of aryl methyl sites for hydroxylation is 1. The van der Waals surface area contributed by atoms with Gasteiger partial charge in [-0.15, -0.1) is 0 Å². The molecule has 5 heteroatoms. The quantitative estimate of drug-likeness (QED) is 0.782. The molecule has 2 amide bonds. The van der Waals surface area contributed by atoms with Crippen LogP contribution in [0.3, 0.4) is 0 Å². The van der Waals surface area contributed by atoms with Crippen LogP contribution in [0.15, 0.2) is 18.2 Å². The van der Waals surface area contributed by atoms with Crippen LogP contribution in [0.4, 0.5) is 10.5 Å². The molecule has 2 aliphatic rings. The highest BCUT2D eigenvalue weighted by Gasteiger charge is 2.47. The number of carbonyl (C=O) groups is 1. The number of carbonyl (C=O) groups excluding carboxylic acids is 1. The normalized spacial score (nSPS) is 28.7. The number of nitrogens with one attached hydrogen (secondary N) is 2. The molecule has 0 aromatic heterocycles. The Morgan fingerprint density at radius 1 is 1.35 bits per heavy atom. The molecule has 1 aromatic rings. The second-order valence-electron chi connectivity index (χ2n) is 6.71. The minimum absolute atomic E-state index is 0.0988. The first kappa shape index (κ1) is 16.1. The molecule has 0 aliphatic heterocycles. The Kier molecular flexibility index (Phi) is 4.76. The average Bonchev–Trinajstić information content (AvgIpc) is 3.11. The summed E-state index contributed by atoms with van der Waals surface area (Å²) in [6, 6.07) is 5.56. The maximum atomic E-state index is 12.3. The Morgan fingerprint density at radius 3 is 2.83 bits per heavy atom. The first-order chi connectivity index (χ1) is 11.1. The zero-order valence-electron chi connectivity index (χ0n) is 13.8. The fourth-order valence-corrected chi connectivity index (χ4v) is 4.24. The molecular weight excluding hydrogens is 292 g/mol. The lowest BCUT2D eigenvalue weighted by Gasteiger charge is -2.30. The number of hydrogen-bond acceptors (Lipinski definition) is 3. The number of anilines is 1. The van der Waals surface area contributed by atoms with Crippen molar-refractivity contribution in [3.05, 3.63) is 23.8 Å². The molecule has 3 N–H and O–H groups in total. The topological polar surface area (TPSA) is 70.6 Å². The third kappa shape index (κ3) is 3.29. The number of urea groups is 1. The summed E-state index contributed by atoms with van der Waals surface area (Å²) in [4.78, 5) is 12.3. The summed E-state index contributed by atoms with van der Waals surface area (Å²) in [5.74, 6) is 2.11. The molecule has 1 aromatic carbocycles. The van der Waals surface area contributed by atoms with Crippen molar-refractivity contribution in [2.45, 2.75) is 39.2 Å². The van der Waals surface area contributed by atoms with Crippen LogP contribution in [0.5, 0.6) is 5.75 Å². The number of rotatable bonds is 5. The molecule has 4 unspecified atom stereocenters. The van der Waals surface area contributed by atoms with Crippen molar-refractivity contribution in [3.63, 3.8) is 0 Å². The number of hydrogen-bond donors (Lipinski definition) is 3. The molecule has 0 saturated heterocycles. The van der Waals surface area contributed by atoms with Gasteiger partial charge in [-0.1, -0.05) is 0 Å². The summed E-state index contributed by atoms with van der Waals surface area (Å²) < 4.78 is 5.46. The number of fused-ring (bicyclic) bond motifs is 2. The predicted molar refractivity (Wildman–Crippen MR) is 89.7 cm³/mol. The van der Waals surface area contributed by atoms with Crippen LogP contribution < -0.4 is 15.4 Å². The third-order valence-corrected chi connectivity index (χ3v) is 5.35. The summed E-state index contributed by atoms with van der Waals surface area (Å²) >= 11 is 0. The van der Waals surface area contributed by atoms with Gasteiger partial charge in [-0.3, -0.25) is 0 Å². The monoisotopic (exact) mass is 318 g/mol. The van der Waals surface area contributed by atoms with Gasteiger partial charge in [0.25, 0.3) is 0 Å². The summed E-state index contributed by atoms with van der Waals surface area (Å²) in [6.45, 7) is 4.68. The van der Waals surface area contributed by atoms with Gasteiger partial charge >= 0.3 is 6.03 Å². The molecule has 0 heterocycles. The fraction of sp³-hybridized carbons (Fsp3) is 0.611. The first-order valence-corrected chi connectivity index (χ1v) is 8.54. The number of aliphatic hydroxyl groups is 1. The first-order valence-electron chi connectivity index (χ1n) is 8.54. The van der Waals surface area contributed by atoms with E-state index in [1.807, 2.05) is 32.0 Å². The van der Waals surface area contributed by atoms with E-state index in [1.165, 1.54) is 6.42 Å². The lowest BCUT2D eigenvalue weighted by molar-refractivity contribution is 0.146.